The van der Waals surface area contributed by atoms with E-state index < -0.39 is 0 Å². The number of benzene rings is 1. The molecule has 0 aromatic heterocycles. The first-order valence-electron chi connectivity index (χ1n) is 8.11. The van der Waals surface area contributed by atoms with Gasteiger partial charge in [0, 0.05) is 36.7 Å². The summed E-state index contributed by atoms with van der Waals surface area (Å²) in [4.78, 5) is 15.3. The van der Waals surface area contributed by atoms with Crippen LogP contribution in [-0.4, -0.2) is 63.1 Å². The van der Waals surface area contributed by atoms with Gasteiger partial charge in [0.2, 0.25) is 5.91 Å². The van der Waals surface area contributed by atoms with E-state index in [2.05, 4.69) is 10.2 Å². The summed E-state index contributed by atoms with van der Waals surface area (Å²) in [6.45, 7) is 5.45. The molecule has 23 heavy (non-hydrogen) atoms. The molecule has 1 heterocycles. The van der Waals surface area contributed by atoms with Gasteiger partial charge in [-0.25, -0.2) is 0 Å². The molecule has 6 heteroatoms. The summed E-state index contributed by atoms with van der Waals surface area (Å²) in [6.07, 6.45) is 1.55. The second-order valence-corrected chi connectivity index (χ2v) is 6.60. The smallest absolute Gasteiger partial charge is 0.220 e. The third kappa shape index (κ3) is 7.24. The largest absolute Gasteiger partial charge is 0.497 e. The van der Waals surface area contributed by atoms with Crippen LogP contribution in [0.3, 0.4) is 0 Å². The van der Waals surface area contributed by atoms with Crippen LogP contribution in [0.15, 0.2) is 29.2 Å². The number of morpholine rings is 1. The van der Waals surface area contributed by atoms with Gasteiger partial charge in [-0.3, -0.25) is 9.69 Å². The molecule has 1 N–H and O–H groups in total. The Morgan fingerprint density at radius 1 is 1.30 bits per heavy atom. The van der Waals surface area contributed by atoms with Crippen molar-refractivity contribution in [2.75, 3.05) is 52.3 Å². The summed E-state index contributed by atoms with van der Waals surface area (Å²) in [5.74, 6) is 1.78. The summed E-state index contributed by atoms with van der Waals surface area (Å²) in [5.41, 5.74) is 0. The molecular weight excluding hydrogens is 312 g/mol. The zero-order valence-electron chi connectivity index (χ0n) is 13.8. The van der Waals surface area contributed by atoms with Crippen LogP contribution in [0.4, 0.5) is 0 Å². The van der Waals surface area contributed by atoms with E-state index in [4.69, 9.17) is 9.47 Å². The molecule has 0 radical (unpaired) electrons. The fraction of sp³-hybridized carbons (Fsp3) is 0.588. The molecular formula is C17H26N2O3S. The Hall–Kier alpha value is -1.24. The number of amides is 1. The Kier molecular flexibility index (Phi) is 8.28. The number of carbonyl (C=O) groups excluding carboxylic acids is 1. The number of nitrogens with one attached hydrogen (secondary N) is 1. The Balaban J connectivity index is 1.50. The highest BCUT2D eigenvalue weighted by atomic mass is 32.2. The summed E-state index contributed by atoms with van der Waals surface area (Å²) < 4.78 is 10.4. The maximum Gasteiger partial charge on any atom is 0.220 e. The average Bonchev–Trinajstić information content (AvgIpc) is 2.60. The van der Waals surface area contributed by atoms with Crippen LogP contribution in [0.2, 0.25) is 0 Å². The van der Waals surface area contributed by atoms with Crippen LogP contribution in [0.25, 0.3) is 0 Å². The molecule has 5 nitrogen and oxygen atoms in total. The number of thioether (sulfide) groups is 1. The lowest BCUT2D eigenvalue weighted by Crippen LogP contribution is -2.38. The first kappa shape index (κ1) is 18.1. The van der Waals surface area contributed by atoms with E-state index in [0.29, 0.717) is 6.42 Å². The maximum atomic E-state index is 11.8. The molecule has 1 fully saturated rings. The normalized spacial score (nSPS) is 15.3. The molecule has 0 unspecified atom stereocenters. The average molecular weight is 338 g/mol. The molecule has 0 bridgehead atoms. The van der Waals surface area contributed by atoms with E-state index in [0.717, 1.165) is 62.2 Å². The third-order valence-electron chi connectivity index (χ3n) is 3.73. The Bertz CT molecular complexity index is 461. The van der Waals surface area contributed by atoms with Crippen LogP contribution in [-0.2, 0) is 9.53 Å². The molecule has 0 spiro atoms. The SMILES string of the molecule is COc1ccc(SCCC(=O)NCCCN2CCOCC2)cc1. The molecule has 128 valence electrons. The first-order valence-corrected chi connectivity index (χ1v) is 9.10. The molecule has 1 amide bonds. The molecule has 1 saturated heterocycles. The van der Waals surface area contributed by atoms with Gasteiger partial charge >= 0.3 is 0 Å². The lowest BCUT2D eigenvalue weighted by atomic mass is 10.3. The first-order chi connectivity index (χ1) is 11.3. The minimum atomic E-state index is 0.132. The Labute approximate surface area is 142 Å². The van der Waals surface area contributed by atoms with Gasteiger partial charge in [0.25, 0.3) is 0 Å². The minimum Gasteiger partial charge on any atom is -0.497 e. The molecule has 2 rings (SSSR count). The monoisotopic (exact) mass is 338 g/mol. The molecule has 1 aliphatic rings. The zero-order chi connectivity index (χ0) is 16.3. The van der Waals surface area contributed by atoms with Gasteiger partial charge in [-0.15, -0.1) is 11.8 Å². The van der Waals surface area contributed by atoms with Gasteiger partial charge in [0.05, 0.1) is 20.3 Å². The summed E-state index contributed by atoms with van der Waals surface area (Å²) >= 11 is 1.69. The molecule has 1 aliphatic heterocycles. The van der Waals surface area contributed by atoms with Gasteiger partial charge in [-0.1, -0.05) is 0 Å². The number of hydrogen-bond donors (Lipinski definition) is 1. The molecule has 1 aromatic rings. The van der Waals surface area contributed by atoms with Crippen LogP contribution in [0.1, 0.15) is 12.8 Å². The van der Waals surface area contributed by atoms with E-state index in [9.17, 15) is 4.79 Å². The van der Waals surface area contributed by atoms with E-state index >= 15 is 0 Å². The Morgan fingerprint density at radius 2 is 2.04 bits per heavy atom. The lowest BCUT2D eigenvalue weighted by Gasteiger charge is -2.26. The number of methoxy groups -OCH3 is 1. The highest BCUT2D eigenvalue weighted by molar-refractivity contribution is 7.99. The van der Waals surface area contributed by atoms with E-state index in [1.165, 1.54) is 0 Å². The standard InChI is InChI=1S/C17H26N2O3S/c1-21-15-3-5-16(6-4-15)23-14-7-17(20)18-8-2-9-19-10-12-22-13-11-19/h3-6H,2,7-14H2,1H3,(H,18,20). The number of ether oxygens (including phenoxy) is 2. The molecule has 1 aromatic carbocycles. The Morgan fingerprint density at radius 3 is 2.74 bits per heavy atom. The van der Waals surface area contributed by atoms with Crippen LogP contribution in [0.5, 0.6) is 5.75 Å². The van der Waals surface area contributed by atoms with E-state index in [1.54, 1.807) is 18.9 Å². The van der Waals surface area contributed by atoms with Crippen molar-refractivity contribution in [2.45, 2.75) is 17.7 Å². The van der Waals surface area contributed by atoms with Crippen molar-refractivity contribution in [1.82, 2.24) is 10.2 Å². The van der Waals surface area contributed by atoms with Gasteiger partial charge in [0.1, 0.15) is 5.75 Å². The molecule has 0 atom stereocenters. The quantitative estimate of drug-likeness (QED) is 0.551. The number of rotatable bonds is 9. The minimum absolute atomic E-state index is 0.132. The second kappa shape index (κ2) is 10.5. The van der Waals surface area contributed by atoms with Crippen LogP contribution >= 0.6 is 11.8 Å². The second-order valence-electron chi connectivity index (χ2n) is 5.43. The van der Waals surface area contributed by atoms with Crippen molar-refractivity contribution in [2.24, 2.45) is 0 Å². The topological polar surface area (TPSA) is 50.8 Å². The van der Waals surface area contributed by atoms with Crippen molar-refractivity contribution >= 4 is 17.7 Å². The number of hydrogen-bond acceptors (Lipinski definition) is 5. The van der Waals surface area contributed by atoms with Crippen molar-refractivity contribution in [3.8, 4) is 5.75 Å². The van der Waals surface area contributed by atoms with Crippen LogP contribution in [0, 0.1) is 0 Å². The summed E-state index contributed by atoms with van der Waals surface area (Å²) in [5, 5.41) is 3.00. The fourth-order valence-corrected chi connectivity index (χ4v) is 3.23. The number of nitrogens with zero attached hydrogens (tertiary/aromatic N) is 1. The third-order valence-corrected chi connectivity index (χ3v) is 4.75. The fourth-order valence-electron chi connectivity index (χ4n) is 2.38. The van der Waals surface area contributed by atoms with E-state index in [-0.39, 0.29) is 5.91 Å². The van der Waals surface area contributed by atoms with Gasteiger partial charge < -0.3 is 14.8 Å². The number of carbonyl (C=O) groups is 1. The predicted octanol–water partition coefficient (Wildman–Crippen LogP) is 2.02. The highest BCUT2D eigenvalue weighted by Gasteiger charge is 2.09. The van der Waals surface area contributed by atoms with Crippen LogP contribution < -0.4 is 10.1 Å². The van der Waals surface area contributed by atoms with Crippen molar-refractivity contribution in [3.63, 3.8) is 0 Å². The summed E-state index contributed by atoms with van der Waals surface area (Å²) in [7, 11) is 1.66. The van der Waals surface area contributed by atoms with Crippen molar-refractivity contribution < 1.29 is 14.3 Å². The van der Waals surface area contributed by atoms with Crippen molar-refractivity contribution in [3.05, 3.63) is 24.3 Å². The lowest BCUT2D eigenvalue weighted by molar-refractivity contribution is -0.120. The van der Waals surface area contributed by atoms with Gasteiger partial charge in [0.15, 0.2) is 0 Å². The molecule has 0 aliphatic carbocycles. The van der Waals surface area contributed by atoms with Gasteiger partial charge in [-0.05, 0) is 37.2 Å². The predicted molar refractivity (Wildman–Crippen MR) is 93.2 cm³/mol. The highest BCUT2D eigenvalue weighted by Crippen LogP contribution is 2.21. The van der Waals surface area contributed by atoms with Crippen molar-refractivity contribution in [1.29, 1.82) is 0 Å². The van der Waals surface area contributed by atoms with Gasteiger partial charge in [-0.2, -0.15) is 0 Å². The maximum absolute atomic E-state index is 11.8. The summed E-state index contributed by atoms with van der Waals surface area (Å²) in [6, 6.07) is 7.91. The zero-order valence-corrected chi connectivity index (χ0v) is 14.6. The van der Waals surface area contributed by atoms with E-state index in [1.807, 2.05) is 24.3 Å². The molecule has 0 saturated carbocycles.